The van der Waals surface area contributed by atoms with E-state index in [0.717, 1.165) is 18.2 Å². The number of alkyl halides is 3. The summed E-state index contributed by atoms with van der Waals surface area (Å²) in [5.74, 6) is -3.89. The fourth-order valence-electron chi connectivity index (χ4n) is 2.98. The molecule has 0 aromatic heterocycles. The van der Waals surface area contributed by atoms with Gasteiger partial charge in [-0.1, -0.05) is 12.8 Å². The summed E-state index contributed by atoms with van der Waals surface area (Å²) < 4.78 is 41.4. The number of nitro groups is 1. The molecule has 2 atom stereocenters. The Morgan fingerprint density at radius 1 is 1.22 bits per heavy atom. The Balaban J connectivity index is 2.20. The number of carbonyl (C=O) groups is 2. The average molecular weight is 390 g/mol. The minimum Gasteiger partial charge on any atom is -0.484 e. The predicted molar refractivity (Wildman–Crippen MR) is 86.4 cm³/mol. The number of anilines is 1. The van der Waals surface area contributed by atoms with Crippen molar-refractivity contribution in [3.8, 4) is 5.75 Å². The minimum absolute atomic E-state index is 0.138. The quantitative estimate of drug-likeness (QED) is 0.568. The SMILES string of the molecule is O=C(O)[C@H]1CCCC[C@H]1C(=O)Nc1cc(OCC(F)(F)F)cc([N+](=O)[O-])c1. The molecule has 1 fully saturated rings. The number of ether oxygens (including phenoxy) is 1. The fourth-order valence-corrected chi connectivity index (χ4v) is 2.98. The zero-order valence-corrected chi connectivity index (χ0v) is 14.0. The number of aliphatic carboxylic acids is 1. The van der Waals surface area contributed by atoms with E-state index in [4.69, 9.17) is 0 Å². The van der Waals surface area contributed by atoms with Gasteiger partial charge >= 0.3 is 12.1 Å². The molecule has 0 spiro atoms. The Kier molecular flexibility index (Phi) is 6.24. The van der Waals surface area contributed by atoms with Gasteiger partial charge in [-0.25, -0.2) is 0 Å². The molecule has 148 valence electrons. The van der Waals surface area contributed by atoms with E-state index in [1.807, 2.05) is 0 Å². The second-order valence-corrected chi connectivity index (χ2v) is 6.20. The first-order chi connectivity index (χ1) is 12.6. The molecule has 1 amide bonds. The molecule has 0 aliphatic heterocycles. The molecule has 1 saturated carbocycles. The van der Waals surface area contributed by atoms with Crippen LogP contribution in [0.25, 0.3) is 0 Å². The van der Waals surface area contributed by atoms with Crippen LogP contribution in [-0.2, 0) is 9.59 Å². The molecule has 11 heteroatoms. The van der Waals surface area contributed by atoms with Gasteiger partial charge in [0.1, 0.15) is 5.75 Å². The molecule has 0 unspecified atom stereocenters. The Bertz CT molecular complexity index is 737. The van der Waals surface area contributed by atoms with Crippen LogP contribution in [0.5, 0.6) is 5.75 Å². The van der Waals surface area contributed by atoms with Crippen molar-refractivity contribution in [1.29, 1.82) is 0 Å². The Hall–Kier alpha value is -2.85. The van der Waals surface area contributed by atoms with E-state index in [2.05, 4.69) is 10.1 Å². The summed E-state index contributed by atoms with van der Waals surface area (Å²) in [6.45, 7) is -1.65. The zero-order valence-electron chi connectivity index (χ0n) is 14.0. The molecule has 1 aliphatic carbocycles. The van der Waals surface area contributed by atoms with Crippen LogP contribution in [0, 0.1) is 22.0 Å². The van der Waals surface area contributed by atoms with Crippen molar-refractivity contribution < 1.29 is 37.5 Å². The molecule has 8 nitrogen and oxygen atoms in total. The summed E-state index contributed by atoms with van der Waals surface area (Å²) in [5, 5.41) is 22.6. The molecule has 0 bridgehead atoms. The van der Waals surface area contributed by atoms with Gasteiger partial charge in [0.15, 0.2) is 6.61 Å². The van der Waals surface area contributed by atoms with Crippen LogP contribution in [0.2, 0.25) is 0 Å². The predicted octanol–water partition coefficient (Wildman–Crippen LogP) is 3.37. The molecular weight excluding hydrogens is 373 g/mol. The number of nitrogens with zero attached hydrogens (tertiary/aromatic N) is 1. The fraction of sp³-hybridized carbons (Fsp3) is 0.500. The molecule has 27 heavy (non-hydrogen) atoms. The zero-order chi connectivity index (χ0) is 20.2. The van der Waals surface area contributed by atoms with E-state index in [1.165, 1.54) is 0 Å². The lowest BCUT2D eigenvalue weighted by atomic mass is 9.78. The van der Waals surface area contributed by atoms with Crippen molar-refractivity contribution in [1.82, 2.24) is 0 Å². The average Bonchev–Trinajstić information content (AvgIpc) is 2.59. The lowest BCUT2D eigenvalue weighted by Gasteiger charge is -2.27. The highest BCUT2D eigenvalue weighted by Crippen LogP contribution is 2.33. The van der Waals surface area contributed by atoms with Crippen molar-refractivity contribution >= 4 is 23.3 Å². The summed E-state index contributed by atoms with van der Waals surface area (Å²) in [6, 6.07) is 2.80. The molecule has 1 aromatic rings. The van der Waals surface area contributed by atoms with E-state index in [1.54, 1.807) is 0 Å². The monoisotopic (exact) mass is 390 g/mol. The number of halogens is 3. The van der Waals surface area contributed by atoms with Crippen LogP contribution in [0.3, 0.4) is 0 Å². The molecule has 1 aromatic carbocycles. The topological polar surface area (TPSA) is 119 Å². The van der Waals surface area contributed by atoms with E-state index in [-0.39, 0.29) is 5.69 Å². The first kappa shape index (κ1) is 20.5. The number of nitrogens with one attached hydrogen (secondary N) is 1. The van der Waals surface area contributed by atoms with Crippen molar-refractivity contribution in [3.05, 3.63) is 28.3 Å². The minimum atomic E-state index is -4.63. The van der Waals surface area contributed by atoms with Gasteiger partial charge in [-0.05, 0) is 12.8 Å². The number of carbonyl (C=O) groups excluding carboxylic acids is 1. The van der Waals surface area contributed by atoms with Crippen molar-refractivity contribution in [2.24, 2.45) is 11.8 Å². The Morgan fingerprint density at radius 3 is 2.41 bits per heavy atom. The van der Waals surface area contributed by atoms with Crippen molar-refractivity contribution in [2.75, 3.05) is 11.9 Å². The van der Waals surface area contributed by atoms with Crippen LogP contribution in [0.15, 0.2) is 18.2 Å². The summed E-state index contributed by atoms with van der Waals surface area (Å²) in [7, 11) is 0. The molecule has 0 radical (unpaired) electrons. The largest absolute Gasteiger partial charge is 0.484 e. The first-order valence-corrected chi connectivity index (χ1v) is 8.09. The van der Waals surface area contributed by atoms with E-state index >= 15 is 0 Å². The molecule has 2 rings (SSSR count). The third-order valence-corrected chi connectivity index (χ3v) is 4.19. The maximum atomic E-state index is 12.4. The lowest BCUT2D eigenvalue weighted by Crippen LogP contribution is -2.36. The maximum absolute atomic E-state index is 12.4. The van der Waals surface area contributed by atoms with E-state index < -0.39 is 52.9 Å². The van der Waals surface area contributed by atoms with Gasteiger partial charge in [-0.3, -0.25) is 19.7 Å². The summed E-state index contributed by atoms with van der Waals surface area (Å²) in [5.41, 5.74) is -0.704. The summed E-state index contributed by atoms with van der Waals surface area (Å²) in [4.78, 5) is 33.9. The van der Waals surface area contributed by atoms with E-state index in [0.29, 0.717) is 25.7 Å². The highest BCUT2D eigenvalue weighted by atomic mass is 19.4. The first-order valence-electron chi connectivity index (χ1n) is 8.09. The number of nitro benzene ring substituents is 1. The molecule has 0 saturated heterocycles. The van der Waals surface area contributed by atoms with Gasteiger partial charge in [0.05, 0.1) is 28.5 Å². The number of hydrogen-bond donors (Lipinski definition) is 2. The number of carboxylic acids is 1. The third-order valence-electron chi connectivity index (χ3n) is 4.19. The van der Waals surface area contributed by atoms with Gasteiger partial charge in [0.2, 0.25) is 5.91 Å². The van der Waals surface area contributed by atoms with Gasteiger partial charge in [0.25, 0.3) is 5.69 Å². The number of hydrogen-bond acceptors (Lipinski definition) is 5. The number of non-ortho nitro benzene ring substituents is 1. The van der Waals surface area contributed by atoms with Crippen molar-refractivity contribution in [3.63, 3.8) is 0 Å². The third kappa shape index (κ3) is 5.83. The smallest absolute Gasteiger partial charge is 0.422 e. The molecule has 2 N–H and O–H groups in total. The van der Waals surface area contributed by atoms with Gasteiger partial charge in [-0.2, -0.15) is 13.2 Å². The number of carboxylic acid groups (broad SMARTS) is 1. The van der Waals surface area contributed by atoms with Gasteiger partial charge < -0.3 is 15.2 Å². The summed E-state index contributed by atoms with van der Waals surface area (Å²) >= 11 is 0. The van der Waals surface area contributed by atoms with E-state index in [9.17, 15) is 38.0 Å². The Morgan fingerprint density at radius 2 is 1.85 bits per heavy atom. The molecular formula is C16H17F3N2O6. The van der Waals surface area contributed by atoms with Gasteiger partial charge in [0, 0.05) is 12.1 Å². The molecule has 0 heterocycles. The van der Waals surface area contributed by atoms with Crippen molar-refractivity contribution in [2.45, 2.75) is 31.9 Å². The standard InChI is InChI=1S/C16H17F3N2O6/c17-16(18,19)8-27-11-6-9(5-10(7-11)21(25)26)20-14(22)12-3-1-2-4-13(12)15(23)24/h5-7,12-13H,1-4,8H2,(H,20,22)(H,23,24)/t12-,13+/m1/s1. The van der Waals surface area contributed by atoms with Crippen LogP contribution in [0.4, 0.5) is 24.5 Å². The lowest BCUT2D eigenvalue weighted by molar-refractivity contribution is -0.384. The van der Waals surface area contributed by atoms with Gasteiger partial charge in [-0.15, -0.1) is 0 Å². The Labute approximate surface area is 151 Å². The number of amides is 1. The summed E-state index contributed by atoms with van der Waals surface area (Å²) in [6.07, 6.45) is -2.62. The van der Waals surface area contributed by atoms with Crippen LogP contribution in [-0.4, -0.2) is 34.7 Å². The number of benzene rings is 1. The normalized spacial score (nSPS) is 20.0. The van der Waals surface area contributed by atoms with Crippen LogP contribution in [0.1, 0.15) is 25.7 Å². The highest BCUT2D eigenvalue weighted by Gasteiger charge is 2.36. The van der Waals surface area contributed by atoms with Crippen LogP contribution >= 0.6 is 0 Å². The second kappa shape index (κ2) is 8.23. The highest BCUT2D eigenvalue weighted by molar-refractivity contribution is 5.95. The molecule has 1 aliphatic rings. The van der Waals surface area contributed by atoms with Crippen LogP contribution < -0.4 is 10.1 Å². The second-order valence-electron chi connectivity index (χ2n) is 6.20. The number of rotatable bonds is 6. The maximum Gasteiger partial charge on any atom is 0.422 e.